The number of aryl methyl sites for hydroxylation is 1. The van der Waals surface area contributed by atoms with Crippen LogP contribution in [0.5, 0.6) is 0 Å². The van der Waals surface area contributed by atoms with E-state index in [2.05, 4.69) is 18.5 Å². The molecule has 2 saturated heterocycles. The van der Waals surface area contributed by atoms with Gasteiger partial charge in [0.15, 0.2) is 5.60 Å². The zero-order valence-electron chi connectivity index (χ0n) is 21.2. The molecular weight excluding hydrogens is 464 g/mol. The monoisotopic (exact) mass is 496 g/mol. The van der Waals surface area contributed by atoms with Gasteiger partial charge in [0.05, 0.1) is 24.1 Å². The zero-order valence-corrected chi connectivity index (χ0v) is 21.2. The molecule has 9 heteroatoms. The Morgan fingerprint density at radius 3 is 2.83 bits per heavy atom. The minimum Gasteiger partial charge on any atom is -0.458 e. The highest BCUT2D eigenvalue weighted by Crippen LogP contribution is 2.79. The van der Waals surface area contributed by atoms with E-state index in [9.17, 15) is 9.59 Å². The Labute approximate surface area is 209 Å². The van der Waals surface area contributed by atoms with Gasteiger partial charge in [0, 0.05) is 24.0 Å². The van der Waals surface area contributed by atoms with Crippen molar-refractivity contribution < 1.29 is 33.3 Å². The summed E-state index contributed by atoms with van der Waals surface area (Å²) in [6.07, 6.45) is 3.28. The number of aromatic nitrogens is 2. The van der Waals surface area contributed by atoms with E-state index in [1.165, 1.54) is 0 Å². The van der Waals surface area contributed by atoms with Crippen molar-refractivity contribution in [2.45, 2.75) is 82.6 Å². The Morgan fingerprint density at radius 1 is 1.31 bits per heavy atom. The zero-order chi connectivity index (χ0) is 25.2. The number of hydrogen-bond acceptors (Lipinski definition) is 8. The first-order chi connectivity index (χ1) is 17.1. The molecular formula is C27H32N2O7. The summed E-state index contributed by atoms with van der Waals surface area (Å²) in [6, 6.07) is 0. The summed E-state index contributed by atoms with van der Waals surface area (Å²) < 4.78 is 32.2. The first kappa shape index (κ1) is 22.5. The Hall–Kier alpha value is -2.65. The molecule has 6 aliphatic rings. The highest BCUT2D eigenvalue weighted by Gasteiger charge is 2.93. The number of fused-ring (bicyclic) bond motifs is 2. The Bertz CT molecular complexity index is 1250. The molecule has 9 nitrogen and oxygen atoms in total. The molecule has 0 amide bonds. The summed E-state index contributed by atoms with van der Waals surface area (Å²) in [5.41, 5.74) is 2.16. The minimum atomic E-state index is -0.728. The van der Waals surface area contributed by atoms with Gasteiger partial charge in [0.1, 0.15) is 30.7 Å². The predicted molar refractivity (Wildman–Crippen MR) is 125 cm³/mol. The SMILES string of the molecule is C=C(C)C1CC2O[C@]23[C@]2(O[C@H]2CC2C4=C(CC[C@@]23C)C(=O)OC4)[C@@H]1OC(=O)OCc1cnc(C)n1C. The van der Waals surface area contributed by atoms with E-state index >= 15 is 0 Å². The Morgan fingerprint density at radius 2 is 2.11 bits per heavy atom. The Kier molecular flexibility index (Phi) is 4.39. The summed E-state index contributed by atoms with van der Waals surface area (Å²) >= 11 is 0. The maximum absolute atomic E-state index is 13.0. The molecule has 4 fully saturated rings. The molecule has 1 aromatic rings. The molecule has 2 spiro atoms. The third-order valence-electron chi connectivity index (χ3n) is 10.2. The molecule has 0 aromatic carbocycles. The summed E-state index contributed by atoms with van der Waals surface area (Å²) in [7, 11) is 1.88. The second kappa shape index (κ2) is 7.01. The van der Waals surface area contributed by atoms with Crippen molar-refractivity contribution in [2.75, 3.05) is 6.61 Å². The highest BCUT2D eigenvalue weighted by molar-refractivity contribution is 5.92. The first-order valence-corrected chi connectivity index (χ1v) is 12.8. The van der Waals surface area contributed by atoms with Crippen molar-refractivity contribution in [1.29, 1.82) is 0 Å². The second-order valence-electron chi connectivity index (χ2n) is 11.6. The maximum Gasteiger partial charge on any atom is 0.509 e. The lowest BCUT2D eigenvalue weighted by atomic mass is 9.47. The van der Waals surface area contributed by atoms with Crippen LogP contribution in [0.1, 0.15) is 51.0 Å². The third kappa shape index (κ3) is 2.55. The summed E-state index contributed by atoms with van der Waals surface area (Å²) in [4.78, 5) is 29.6. The van der Waals surface area contributed by atoms with E-state index < -0.39 is 23.5 Å². The highest BCUT2D eigenvalue weighted by atomic mass is 16.8. The van der Waals surface area contributed by atoms with Crippen molar-refractivity contribution in [3.05, 3.63) is 41.0 Å². The number of epoxide rings is 2. The van der Waals surface area contributed by atoms with Crippen LogP contribution in [-0.4, -0.2) is 57.8 Å². The van der Waals surface area contributed by atoms with Crippen LogP contribution < -0.4 is 0 Å². The van der Waals surface area contributed by atoms with E-state index in [1.54, 1.807) is 6.20 Å². The predicted octanol–water partition coefficient (Wildman–Crippen LogP) is 3.29. The molecule has 0 radical (unpaired) electrons. The topological polar surface area (TPSA) is 105 Å². The van der Waals surface area contributed by atoms with Gasteiger partial charge in [0.2, 0.25) is 0 Å². The summed E-state index contributed by atoms with van der Waals surface area (Å²) in [5, 5.41) is 0. The fourth-order valence-corrected chi connectivity index (χ4v) is 8.17. The largest absolute Gasteiger partial charge is 0.509 e. The Balaban J connectivity index is 1.19. The summed E-state index contributed by atoms with van der Waals surface area (Å²) in [5.74, 6) is 0.732. The van der Waals surface area contributed by atoms with Gasteiger partial charge >= 0.3 is 12.1 Å². The minimum absolute atomic E-state index is 0.00506. The molecule has 0 bridgehead atoms. The molecule has 3 aliphatic heterocycles. The standard InChI is InChI=1S/C27H32N2O7/c1-13(2)17-8-21-27(36-21)25(4)7-6-16-18(12-32-23(16)30)19(25)9-20-26(27,35-20)22(17)34-24(31)33-11-15-10-28-14(3)29(15)5/h10,17,19-22H,1,6-9,11-12H2,2-5H3/t17?,19?,20-,21?,22+,25-,26+,27+/m0/s1. The van der Waals surface area contributed by atoms with Gasteiger partial charge < -0.3 is 28.3 Å². The van der Waals surface area contributed by atoms with Gasteiger partial charge in [-0.25, -0.2) is 14.6 Å². The van der Waals surface area contributed by atoms with E-state index in [4.69, 9.17) is 23.7 Å². The fraction of sp³-hybridized carbons (Fsp3) is 0.667. The quantitative estimate of drug-likeness (QED) is 0.355. The molecule has 3 unspecified atom stereocenters. The normalized spacial score (nSPS) is 43.3. The lowest BCUT2D eigenvalue weighted by Crippen LogP contribution is -2.67. The fourth-order valence-electron chi connectivity index (χ4n) is 8.17. The average molecular weight is 497 g/mol. The van der Waals surface area contributed by atoms with Gasteiger partial charge in [-0.1, -0.05) is 19.1 Å². The maximum atomic E-state index is 13.0. The van der Waals surface area contributed by atoms with Gasteiger partial charge in [-0.3, -0.25) is 0 Å². The number of imidazole rings is 1. The van der Waals surface area contributed by atoms with Gasteiger partial charge in [-0.05, 0) is 51.0 Å². The third-order valence-corrected chi connectivity index (χ3v) is 10.2. The van der Waals surface area contributed by atoms with Crippen LogP contribution in [0.3, 0.4) is 0 Å². The smallest absolute Gasteiger partial charge is 0.458 e. The van der Waals surface area contributed by atoms with E-state index in [-0.39, 0.29) is 42.0 Å². The van der Waals surface area contributed by atoms with Crippen LogP contribution in [0.25, 0.3) is 0 Å². The number of nitrogens with zero attached hydrogens (tertiary/aromatic N) is 2. The van der Waals surface area contributed by atoms with E-state index in [0.717, 1.165) is 47.5 Å². The van der Waals surface area contributed by atoms with Crippen LogP contribution >= 0.6 is 0 Å². The van der Waals surface area contributed by atoms with Crippen molar-refractivity contribution in [3.8, 4) is 0 Å². The lowest BCUT2D eigenvalue weighted by Gasteiger charge is -2.54. The first-order valence-electron chi connectivity index (χ1n) is 12.8. The van der Waals surface area contributed by atoms with E-state index in [0.29, 0.717) is 13.0 Å². The number of carbonyl (C=O) groups excluding carboxylic acids is 2. The second-order valence-corrected chi connectivity index (χ2v) is 11.6. The van der Waals surface area contributed by atoms with Crippen LogP contribution in [0.2, 0.25) is 0 Å². The number of carbonyl (C=O) groups is 2. The van der Waals surface area contributed by atoms with Crippen LogP contribution in [-0.2, 0) is 42.1 Å². The van der Waals surface area contributed by atoms with Crippen molar-refractivity contribution in [2.24, 2.45) is 24.3 Å². The number of ether oxygens (including phenoxy) is 5. The number of esters is 1. The van der Waals surface area contributed by atoms with E-state index in [1.807, 2.05) is 25.5 Å². The lowest BCUT2D eigenvalue weighted by molar-refractivity contribution is -0.136. The number of rotatable bonds is 4. The molecule has 1 aromatic heterocycles. The molecule has 4 heterocycles. The van der Waals surface area contributed by atoms with Crippen molar-refractivity contribution >= 4 is 12.1 Å². The van der Waals surface area contributed by atoms with Crippen molar-refractivity contribution in [1.82, 2.24) is 9.55 Å². The molecule has 0 N–H and O–H groups in total. The molecule has 7 rings (SSSR count). The molecule has 8 atom stereocenters. The molecule has 3 aliphatic carbocycles. The average Bonchev–Trinajstić information content (AvgIpc) is 3.69. The van der Waals surface area contributed by atoms with Gasteiger partial charge in [0.25, 0.3) is 0 Å². The molecule has 2 saturated carbocycles. The van der Waals surface area contributed by atoms with Crippen LogP contribution in [0.4, 0.5) is 4.79 Å². The summed E-state index contributed by atoms with van der Waals surface area (Å²) in [6.45, 7) is 10.8. The van der Waals surface area contributed by atoms with Crippen LogP contribution in [0.15, 0.2) is 29.5 Å². The number of hydrogen-bond donors (Lipinski definition) is 0. The molecule has 36 heavy (non-hydrogen) atoms. The van der Waals surface area contributed by atoms with Gasteiger partial charge in [-0.15, -0.1) is 0 Å². The van der Waals surface area contributed by atoms with Gasteiger partial charge in [-0.2, -0.15) is 0 Å². The van der Waals surface area contributed by atoms with Crippen LogP contribution in [0, 0.1) is 24.2 Å². The molecule has 192 valence electrons. The van der Waals surface area contributed by atoms with Crippen molar-refractivity contribution in [3.63, 3.8) is 0 Å². The number of cyclic esters (lactones) is 1.